The minimum absolute atomic E-state index is 0.128. The molecule has 0 saturated heterocycles. The Labute approximate surface area is 103 Å². The highest BCUT2D eigenvalue weighted by molar-refractivity contribution is 5.97. The van der Waals surface area contributed by atoms with Crippen LogP contribution in [0.25, 0.3) is 0 Å². The van der Waals surface area contributed by atoms with Crippen molar-refractivity contribution in [3.63, 3.8) is 0 Å². The van der Waals surface area contributed by atoms with E-state index in [4.69, 9.17) is 5.73 Å². The lowest BCUT2D eigenvalue weighted by molar-refractivity contribution is 0.0118. The number of rotatable bonds is 5. The summed E-state index contributed by atoms with van der Waals surface area (Å²) >= 11 is 0. The SMILES string of the molecule is CC(=O)c1ccc(C(=O)NCC(F)(F)CN)cc1. The highest BCUT2D eigenvalue weighted by atomic mass is 19.3. The van der Waals surface area contributed by atoms with Crippen LogP contribution in [-0.2, 0) is 0 Å². The Balaban J connectivity index is 2.65. The molecule has 98 valence electrons. The van der Waals surface area contributed by atoms with Crippen molar-refractivity contribution in [2.24, 2.45) is 5.73 Å². The van der Waals surface area contributed by atoms with Crippen molar-refractivity contribution >= 4 is 11.7 Å². The molecule has 0 bridgehead atoms. The van der Waals surface area contributed by atoms with Crippen molar-refractivity contribution in [3.05, 3.63) is 35.4 Å². The quantitative estimate of drug-likeness (QED) is 0.778. The molecule has 1 rings (SSSR count). The zero-order chi connectivity index (χ0) is 13.8. The Kier molecular flexibility index (Phi) is 4.49. The van der Waals surface area contributed by atoms with E-state index in [1.54, 1.807) is 0 Å². The molecule has 0 radical (unpaired) electrons. The van der Waals surface area contributed by atoms with Crippen molar-refractivity contribution in [3.8, 4) is 0 Å². The van der Waals surface area contributed by atoms with Gasteiger partial charge in [-0.05, 0) is 19.1 Å². The first-order chi connectivity index (χ1) is 8.35. The topological polar surface area (TPSA) is 72.2 Å². The Morgan fingerprint density at radius 3 is 2.17 bits per heavy atom. The van der Waals surface area contributed by atoms with Gasteiger partial charge in [-0.15, -0.1) is 0 Å². The van der Waals surface area contributed by atoms with E-state index in [1.165, 1.54) is 31.2 Å². The molecule has 4 nitrogen and oxygen atoms in total. The molecule has 3 N–H and O–H groups in total. The van der Waals surface area contributed by atoms with Crippen molar-refractivity contribution in [2.75, 3.05) is 13.1 Å². The number of amides is 1. The maximum atomic E-state index is 12.8. The molecule has 0 spiro atoms. The Hall–Kier alpha value is -1.82. The van der Waals surface area contributed by atoms with Crippen molar-refractivity contribution in [2.45, 2.75) is 12.8 Å². The van der Waals surface area contributed by atoms with Gasteiger partial charge in [0.2, 0.25) is 0 Å². The van der Waals surface area contributed by atoms with Gasteiger partial charge in [-0.1, -0.05) is 12.1 Å². The number of ketones is 1. The highest BCUT2D eigenvalue weighted by Gasteiger charge is 2.27. The van der Waals surface area contributed by atoms with Gasteiger partial charge in [-0.2, -0.15) is 0 Å². The summed E-state index contributed by atoms with van der Waals surface area (Å²) in [6, 6.07) is 5.76. The molecule has 0 atom stereocenters. The van der Waals surface area contributed by atoms with Crippen LogP contribution in [0.4, 0.5) is 8.78 Å². The molecule has 6 heteroatoms. The van der Waals surface area contributed by atoms with E-state index in [0.29, 0.717) is 5.56 Å². The minimum Gasteiger partial charge on any atom is -0.346 e. The Morgan fingerprint density at radius 2 is 1.72 bits per heavy atom. The van der Waals surface area contributed by atoms with E-state index >= 15 is 0 Å². The first-order valence-electron chi connectivity index (χ1n) is 5.33. The maximum Gasteiger partial charge on any atom is 0.277 e. The van der Waals surface area contributed by atoms with E-state index in [1.807, 2.05) is 0 Å². The van der Waals surface area contributed by atoms with Gasteiger partial charge in [-0.3, -0.25) is 9.59 Å². The number of hydrogen-bond acceptors (Lipinski definition) is 3. The standard InChI is InChI=1S/C12H14F2N2O2/c1-8(17)9-2-4-10(5-3-9)11(18)16-7-12(13,14)6-15/h2-5H,6-7,15H2,1H3,(H,16,18). The summed E-state index contributed by atoms with van der Waals surface area (Å²) in [6.07, 6.45) is 0. The molecule has 1 aromatic carbocycles. The fourth-order valence-corrected chi connectivity index (χ4v) is 1.24. The third kappa shape index (κ3) is 3.89. The van der Waals surface area contributed by atoms with Crippen LogP contribution in [0.1, 0.15) is 27.6 Å². The number of carbonyl (C=O) groups is 2. The van der Waals surface area contributed by atoms with Crippen LogP contribution < -0.4 is 11.1 Å². The van der Waals surface area contributed by atoms with Gasteiger partial charge >= 0.3 is 0 Å². The predicted octanol–water partition coefficient (Wildman–Crippen LogP) is 1.21. The number of Topliss-reactive ketones (excluding diaryl/α,β-unsaturated/α-hetero) is 1. The largest absolute Gasteiger partial charge is 0.346 e. The molecule has 0 saturated carbocycles. The normalized spacial score (nSPS) is 11.1. The highest BCUT2D eigenvalue weighted by Crippen LogP contribution is 2.10. The molecule has 1 amide bonds. The predicted molar refractivity (Wildman–Crippen MR) is 62.8 cm³/mol. The molecule has 0 aliphatic heterocycles. The molecule has 0 fully saturated rings. The zero-order valence-corrected chi connectivity index (χ0v) is 9.87. The van der Waals surface area contributed by atoms with Crippen molar-refractivity contribution in [1.29, 1.82) is 0 Å². The molecule has 1 aromatic rings. The number of benzene rings is 1. The first kappa shape index (κ1) is 14.2. The maximum absolute atomic E-state index is 12.8. The molecule has 0 aliphatic carbocycles. The van der Waals surface area contributed by atoms with Crippen molar-refractivity contribution in [1.82, 2.24) is 5.32 Å². The minimum atomic E-state index is -3.12. The van der Waals surface area contributed by atoms with Gasteiger partial charge < -0.3 is 11.1 Å². The fourth-order valence-electron chi connectivity index (χ4n) is 1.24. The van der Waals surface area contributed by atoms with Crippen LogP contribution in [0.5, 0.6) is 0 Å². The number of alkyl halides is 2. The molecular formula is C12H14F2N2O2. The number of halogens is 2. The van der Waals surface area contributed by atoms with Gasteiger partial charge in [0.05, 0.1) is 13.1 Å². The number of carbonyl (C=O) groups excluding carboxylic acids is 2. The average molecular weight is 256 g/mol. The monoisotopic (exact) mass is 256 g/mol. The molecule has 0 heterocycles. The summed E-state index contributed by atoms with van der Waals surface area (Å²) in [7, 11) is 0. The molecule has 0 aliphatic rings. The fraction of sp³-hybridized carbons (Fsp3) is 0.333. The summed E-state index contributed by atoms with van der Waals surface area (Å²) in [5.41, 5.74) is 5.52. The smallest absolute Gasteiger partial charge is 0.277 e. The summed E-state index contributed by atoms with van der Waals surface area (Å²) < 4.78 is 25.6. The van der Waals surface area contributed by atoms with E-state index in [2.05, 4.69) is 5.32 Å². The number of nitrogens with two attached hydrogens (primary N) is 1. The second-order valence-corrected chi connectivity index (χ2v) is 3.88. The van der Waals surface area contributed by atoms with Gasteiger partial charge in [0, 0.05) is 11.1 Å². The van der Waals surface area contributed by atoms with E-state index in [9.17, 15) is 18.4 Å². The van der Waals surface area contributed by atoms with E-state index in [-0.39, 0.29) is 11.3 Å². The van der Waals surface area contributed by atoms with Crippen LogP contribution in [0, 0.1) is 0 Å². The van der Waals surface area contributed by atoms with Gasteiger partial charge in [-0.25, -0.2) is 8.78 Å². The second kappa shape index (κ2) is 5.68. The van der Waals surface area contributed by atoms with Crippen LogP contribution in [0.2, 0.25) is 0 Å². The van der Waals surface area contributed by atoms with Crippen LogP contribution in [0.15, 0.2) is 24.3 Å². The average Bonchev–Trinajstić information content (AvgIpc) is 2.36. The third-order valence-corrected chi connectivity index (χ3v) is 2.36. The van der Waals surface area contributed by atoms with Crippen molar-refractivity contribution < 1.29 is 18.4 Å². The Bertz CT molecular complexity index is 444. The summed E-state index contributed by atoms with van der Waals surface area (Å²) in [4.78, 5) is 22.5. The molecular weight excluding hydrogens is 242 g/mol. The first-order valence-corrected chi connectivity index (χ1v) is 5.33. The lowest BCUT2D eigenvalue weighted by Crippen LogP contribution is -2.41. The summed E-state index contributed by atoms with van der Waals surface area (Å²) in [5, 5.41) is 2.08. The van der Waals surface area contributed by atoms with Gasteiger partial charge in [0.15, 0.2) is 5.78 Å². The third-order valence-electron chi connectivity index (χ3n) is 2.36. The lowest BCUT2D eigenvalue weighted by Gasteiger charge is -2.14. The zero-order valence-electron chi connectivity index (χ0n) is 9.87. The van der Waals surface area contributed by atoms with Crippen LogP contribution >= 0.6 is 0 Å². The Morgan fingerprint density at radius 1 is 1.22 bits per heavy atom. The second-order valence-electron chi connectivity index (χ2n) is 3.88. The van der Waals surface area contributed by atoms with E-state index < -0.39 is 24.9 Å². The summed E-state index contributed by atoms with van der Waals surface area (Å²) in [6.45, 7) is -0.232. The number of nitrogens with one attached hydrogen (secondary N) is 1. The van der Waals surface area contributed by atoms with E-state index in [0.717, 1.165) is 0 Å². The molecule has 0 unspecified atom stereocenters. The van der Waals surface area contributed by atoms with Crippen LogP contribution in [0.3, 0.4) is 0 Å². The van der Waals surface area contributed by atoms with Crippen LogP contribution in [-0.4, -0.2) is 30.7 Å². The summed E-state index contributed by atoms with van der Waals surface area (Å²) in [5.74, 6) is -3.87. The molecule has 18 heavy (non-hydrogen) atoms. The molecule has 0 aromatic heterocycles. The van der Waals surface area contributed by atoms with Gasteiger partial charge in [0.25, 0.3) is 11.8 Å². The van der Waals surface area contributed by atoms with Gasteiger partial charge in [0.1, 0.15) is 0 Å². The lowest BCUT2D eigenvalue weighted by atomic mass is 10.1. The number of hydrogen-bond donors (Lipinski definition) is 2.